The smallest absolute Gasteiger partial charge is 0.125 e. The Morgan fingerprint density at radius 3 is 2.64 bits per heavy atom. The average Bonchev–Trinajstić information content (AvgIpc) is 2.28. The first kappa shape index (κ1) is 9.09. The molecule has 3 nitrogen and oxygen atoms in total. The standard InChI is InChI=1S/C5H5Cl2NO2S/c1-10-8(9)3-2-4(6)11-5(3)7/h2,9H,1H3. The van der Waals surface area contributed by atoms with Crippen LogP contribution in [0.4, 0.5) is 5.69 Å². The second-order valence-electron chi connectivity index (χ2n) is 1.66. The molecule has 0 amide bonds. The molecule has 0 aromatic carbocycles. The lowest BCUT2D eigenvalue weighted by molar-refractivity contribution is -0.0107. The number of hydrogen-bond donors (Lipinski definition) is 1. The van der Waals surface area contributed by atoms with Gasteiger partial charge in [0.15, 0.2) is 0 Å². The quantitative estimate of drug-likeness (QED) is 0.768. The summed E-state index contributed by atoms with van der Waals surface area (Å²) in [7, 11) is 1.32. The highest BCUT2D eigenvalue weighted by Gasteiger charge is 2.11. The highest BCUT2D eigenvalue weighted by molar-refractivity contribution is 7.20. The topological polar surface area (TPSA) is 32.7 Å². The third-order valence-corrected chi connectivity index (χ3v) is 2.48. The molecule has 0 aliphatic heterocycles. The molecule has 0 aliphatic rings. The fourth-order valence-electron chi connectivity index (χ4n) is 0.560. The number of hydrogen-bond acceptors (Lipinski definition) is 4. The van der Waals surface area contributed by atoms with Crippen molar-refractivity contribution in [3.05, 3.63) is 14.7 Å². The number of nitrogens with zero attached hydrogens (tertiary/aromatic N) is 1. The Morgan fingerprint density at radius 2 is 2.27 bits per heavy atom. The molecule has 1 aromatic heterocycles. The highest BCUT2D eigenvalue weighted by atomic mass is 35.5. The summed E-state index contributed by atoms with van der Waals surface area (Å²) >= 11 is 12.4. The number of rotatable bonds is 2. The summed E-state index contributed by atoms with van der Waals surface area (Å²) in [5.41, 5.74) is 0.351. The van der Waals surface area contributed by atoms with Gasteiger partial charge >= 0.3 is 0 Å². The van der Waals surface area contributed by atoms with E-state index in [2.05, 4.69) is 4.84 Å². The molecule has 0 unspecified atom stereocenters. The first-order valence-electron chi connectivity index (χ1n) is 2.63. The third-order valence-electron chi connectivity index (χ3n) is 1.02. The first-order valence-corrected chi connectivity index (χ1v) is 4.20. The van der Waals surface area contributed by atoms with Crippen LogP contribution >= 0.6 is 34.5 Å². The Bertz CT molecular complexity index is 253. The van der Waals surface area contributed by atoms with E-state index in [4.69, 9.17) is 28.4 Å². The van der Waals surface area contributed by atoms with Crippen LogP contribution in [0.1, 0.15) is 0 Å². The molecule has 62 valence electrons. The van der Waals surface area contributed by atoms with Crippen molar-refractivity contribution < 1.29 is 10.0 Å². The number of thiophene rings is 1. The molecule has 0 atom stereocenters. The summed E-state index contributed by atoms with van der Waals surface area (Å²) in [6.07, 6.45) is 0. The summed E-state index contributed by atoms with van der Waals surface area (Å²) < 4.78 is 0.889. The fourth-order valence-corrected chi connectivity index (χ4v) is 1.97. The van der Waals surface area contributed by atoms with E-state index in [1.807, 2.05) is 0 Å². The zero-order chi connectivity index (χ0) is 8.43. The van der Waals surface area contributed by atoms with E-state index in [1.54, 1.807) is 0 Å². The lowest BCUT2D eigenvalue weighted by atomic mass is 10.5. The number of anilines is 1. The van der Waals surface area contributed by atoms with E-state index in [1.165, 1.54) is 13.2 Å². The van der Waals surface area contributed by atoms with Crippen molar-refractivity contribution in [3.8, 4) is 0 Å². The van der Waals surface area contributed by atoms with Crippen molar-refractivity contribution >= 4 is 40.2 Å². The van der Waals surface area contributed by atoms with Crippen molar-refractivity contribution in [1.82, 2.24) is 0 Å². The molecule has 1 rings (SSSR count). The summed E-state index contributed by atoms with van der Waals surface area (Å²) in [5.74, 6) is 0. The van der Waals surface area contributed by atoms with E-state index in [9.17, 15) is 0 Å². The van der Waals surface area contributed by atoms with Gasteiger partial charge in [-0.25, -0.2) is 0 Å². The fraction of sp³-hybridized carbons (Fsp3) is 0.200. The van der Waals surface area contributed by atoms with Gasteiger partial charge in [-0.2, -0.15) is 0 Å². The minimum Gasteiger partial charge on any atom is -0.264 e. The SMILES string of the molecule is CON(O)c1cc(Cl)sc1Cl. The monoisotopic (exact) mass is 213 g/mol. The second kappa shape index (κ2) is 3.60. The predicted molar refractivity (Wildman–Crippen MR) is 45.6 cm³/mol. The Morgan fingerprint density at radius 1 is 1.64 bits per heavy atom. The molecule has 0 spiro atoms. The predicted octanol–water partition coefficient (Wildman–Crippen LogP) is 2.81. The minimum atomic E-state index is 0.351. The molecule has 0 bridgehead atoms. The van der Waals surface area contributed by atoms with E-state index < -0.39 is 0 Å². The van der Waals surface area contributed by atoms with Crippen LogP contribution in [0.5, 0.6) is 0 Å². The van der Waals surface area contributed by atoms with Gasteiger partial charge in [-0.05, 0) is 6.07 Å². The van der Waals surface area contributed by atoms with Gasteiger partial charge in [0.2, 0.25) is 0 Å². The maximum atomic E-state index is 9.00. The minimum absolute atomic E-state index is 0.351. The molecule has 0 saturated carbocycles. The van der Waals surface area contributed by atoms with Crippen LogP contribution in [-0.4, -0.2) is 12.3 Å². The van der Waals surface area contributed by atoms with Crippen LogP contribution < -0.4 is 5.23 Å². The molecular formula is C5H5Cl2NO2S. The van der Waals surface area contributed by atoms with Crippen molar-refractivity contribution in [3.63, 3.8) is 0 Å². The maximum Gasteiger partial charge on any atom is 0.125 e. The maximum absolute atomic E-state index is 9.00. The lowest BCUT2D eigenvalue weighted by Crippen LogP contribution is -2.14. The van der Waals surface area contributed by atoms with Gasteiger partial charge in [0.25, 0.3) is 0 Å². The van der Waals surface area contributed by atoms with Gasteiger partial charge in [0, 0.05) is 0 Å². The van der Waals surface area contributed by atoms with Gasteiger partial charge in [-0.15, -0.1) is 16.6 Å². The Hall–Kier alpha value is -0.0000000000000000555. The third kappa shape index (κ3) is 1.98. The van der Waals surface area contributed by atoms with Crippen LogP contribution in [0.15, 0.2) is 6.07 Å². The molecule has 0 radical (unpaired) electrons. The molecule has 1 N–H and O–H groups in total. The number of halogens is 2. The van der Waals surface area contributed by atoms with Gasteiger partial charge in [-0.3, -0.25) is 10.0 Å². The van der Waals surface area contributed by atoms with Gasteiger partial charge in [0.1, 0.15) is 10.0 Å². The summed E-state index contributed by atoms with van der Waals surface area (Å²) in [6.45, 7) is 0. The van der Waals surface area contributed by atoms with Crippen LogP contribution in [0.25, 0.3) is 0 Å². The van der Waals surface area contributed by atoms with Crippen molar-refractivity contribution in [2.45, 2.75) is 0 Å². The molecule has 11 heavy (non-hydrogen) atoms. The Labute approximate surface area is 77.6 Å². The molecule has 0 saturated heterocycles. The first-order chi connectivity index (χ1) is 5.15. The van der Waals surface area contributed by atoms with Crippen LogP contribution in [0, 0.1) is 0 Å². The van der Waals surface area contributed by atoms with Gasteiger partial charge in [0.05, 0.1) is 11.4 Å². The summed E-state index contributed by atoms with van der Waals surface area (Å²) in [4.78, 5) is 4.48. The largest absolute Gasteiger partial charge is 0.264 e. The normalized spacial score (nSPS) is 10.2. The molecule has 1 aromatic rings. The van der Waals surface area contributed by atoms with Crippen LogP contribution in [0.2, 0.25) is 8.67 Å². The molecular weight excluding hydrogens is 209 g/mol. The Kier molecular flexibility index (Phi) is 2.98. The molecule has 0 aliphatic carbocycles. The Balaban J connectivity index is 2.93. The highest BCUT2D eigenvalue weighted by Crippen LogP contribution is 2.36. The zero-order valence-corrected chi connectivity index (χ0v) is 7.87. The van der Waals surface area contributed by atoms with Crippen molar-refractivity contribution in [2.24, 2.45) is 0 Å². The van der Waals surface area contributed by atoms with Gasteiger partial charge < -0.3 is 0 Å². The zero-order valence-electron chi connectivity index (χ0n) is 5.54. The average molecular weight is 214 g/mol. The van der Waals surface area contributed by atoms with Crippen LogP contribution in [-0.2, 0) is 4.84 Å². The second-order valence-corrected chi connectivity index (χ2v) is 3.95. The van der Waals surface area contributed by atoms with Crippen LogP contribution in [0.3, 0.4) is 0 Å². The molecule has 6 heteroatoms. The van der Waals surface area contributed by atoms with E-state index >= 15 is 0 Å². The van der Waals surface area contributed by atoms with Gasteiger partial charge in [-0.1, -0.05) is 23.2 Å². The van der Waals surface area contributed by atoms with E-state index in [0.29, 0.717) is 19.6 Å². The molecule has 0 fully saturated rings. The van der Waals surface area contributed by atoms with Crippen molar-refractivity contribution in [2.75, 3.05) is 12.3 Å². The lowest BCUT2D eigenvalue weighted by Gasteiger charge is -2.10. The van der Waals surface area contributed by atoms with E-state index in [0.717, 1.165) is 11.3 Å². The molecule has 1 heterocycles. The van der Waals surface area contributed by atoms with Crippen molar-refractivity contribution in [1.29, 1.82) is 0 Å². The van der Waals surface area contributed by atoms with E-state index in [-0.39, 0.29) is 0 Å². The summed E-state index contributed by atoms with van der Waals surface area (Å²) in [6, 6.07) is 1.51. The summed E-state index contributed by atoms with van der Waals surface area (Å²) in [5, 5.41) is 9.56.